The number of hydrogen-bond acceptors (Lipinski definition) is 3. The molecule has 5 heteroatoms. The topological polar surface area (TPSA) is 77.8 Å². The Hall–Kier alpha value is -2.40. The first-order valence-electron chi connectivity index (χ1n) is 18.8. The number of carbonyl (C=O) groups is 2. The minimum atomic E-state index is -0.871. The van der Waals surface area contributed by atoms with E-state index >= 15 is 0 Å². The highest BCUT2D eigenvalue weighted by atomic mass is 16.4. The number of carboxylic acid groups (broad SMARTS) is 1. The molecule has 5 nitrogen and oxygen atoms in total. The number of hydrogen-bond donors (Lipinski definition) is 2. The molecule has 258 valence electrons. The molecule has 1 aliphatic heterocycles. The highest BCUT2D eigenvalue weighted by molar-refractivity contribution is 5.88. The van der Waals surface area contributed by atoms with Gasteiger partial charge >= 0.3 is 5.97 Å². The number of likely N-dealkylation sites (tertiary alicyclic amines) is 1. The predicted octanol–water partition coefficient (Wildman–Crippen LogP) is 9.41. The van der Waals surface area contributed by atoms with E-state index in [2.05, 4.69) is 52.2 Å². The summed E-state index contributed by atoms with van der Waals surface area (Å²) >= 11 is 0. The molecule has 1 aromatic rings. The van der Waals surface area contributed by atoms with Gasteiger partial charge < -0.3 is 15.1 Å². The smallest absolute Gasteiger partial charge is 0.335 e. The van der Waals surface area contributed by atoms with Gasteiger partial charge in [-0.25, -0.2) is 4.79 Å². The lowest BCUT2D eigenvalue weighted by Gasteiger charge is -2.72. The van der Waals surface area contributed by atoms with E-state index in [9.17, 15) is 19.8 Å². The molecular formula is C42H61NO4. The Bertz CT molecular complexity index is 1410. The first kappa shape index (κ1) is 34.5. The summed E-state index contributed by atoms with van der Waals surface area (Å²) in [5, 5.41) is 19.5. The Labute approximate surface area is 284 Å². The molecule has 1 saturated heterocycles. The van der Waals surface area contributed by atoms with Gasteiger partial charge in [0.15, 0.2) is 0 Å². The maximum Gasteiger partial charge on any atom is 0.335 e. The van der Waals surface area contributed by atoms with Crippen molar-refractivity contribution in [1.82, 2.24) is 4.90 Å². The van der Waals surface area contributed by atoms with Gasteiger partial charge in [-0.3, -0.25) is 4.79 Å². The van der Waals surface area contributed by atoms with Crippen LogP contribution in [-0.4, -0.2) is 46.2 Å². The van der Waals surface area contributed by atoms with E-state index in [0.717, 1.165) is 45.1 Å². The lowest BCUT2D eigenvalue weighted by Crippen LogP contribution is -2.66. The largest absolute Gasteiger partial charge is 0.478 e. The van der Waals surface area contributed by atoms with E-state index in [1.807, 2.05) is 19.1 Å². The zero-order chi connectivity index (χ0) is 34.0. The number of aliphatic hydroxyl groups is 1. The first-order valence-corrected chi connectivity index (χ1v) is 18.8. The van der Waals surface area contributed by atoms with Gasteiger partial charge in [0.25, 0.3) is 0 Å². The molecule has 5 fully saturated rings. The van der Waals surface area contributed by atoms with Gasteiger partial charge in [0.05, 0.1) is 23.6 Å². The molecule has 0 radical (unpaired) electrons. The molecule has 47 heavy (non-hydrogen) atoms. The van der Waals surface area contributed by atoms with Crippen LogP contribution in [0.4, 0.5) is 0 Å². The fourth-order valence-corrected chi connectivity index (χ4v) is 13.4. The van der Waals surface area contributed by atoms with Crippen LogP contribution in [0.2, 0.25) is 0 Å². The number of rotatable bonds is 4. The number of fused-ring (bicyclic) bond motifs is 7. The summed E-state index contributed by atoms with van der Waals surface area (Å²) in [6, 6.07) is 7.57. The van der Waals surface area contributed by atoms with Crippen LogP contribution in [0, 0.1) is 50.7 Å². The quantitative estimate of drug-likeness (QED) is 0.321. The van der Waals surface area contributed by atoms with E-state index in [-0.39, 0.29) is 39.7 Å². The summed E-state index contributed by atoms with van der Waals surface area (Å²) in [5.41, 5.74) is 3.43. The van der Waals surface area contributed by atoms with Crippen LogP contribution in [0.5, 0.6) is 0 Å². The molecule has 1 amide bonds. The minimum Gasteiger partial charge on any atom is -0.478 e. The molecular weight excluding hydrogens is 582 g/mol. The molecule has 5 aliphatic carbocycles. The standard InChI is InChI=1S/C39H55NO4.C3H6/c1-35(2)28(25-10-12-26(13-11-25)33(42)43)16-19-36(3)31(35)17-20-38(5)32(36)15-14-29-30-9-6-18-39(30,22-21-37(29,38)4)34(44)40-23-7-8-27(40)24-41;1-3-2/h10-13,16,27,29-32,41H,6-9,14-15,17-24H2,1-5H3,(H,42,43);3H,1H2,2H3/t27?,29?,30?,31?,32?,36?,37-,38?,39?;/m1./s1. The van der Waals surface area contributed by atoms with Crippen molar-refractivity contribution in [3.05, 3.63) is 54.1 Å². The summed E-state index contributed by atoms with van der Waals surface area (Å²) in [5.74, 6) is 1.85. The normalized spacial score (nSPS) is 41.6. The summed E-state index contributed by atoms with van der Waals surface area (Å²) in [6.07, 6.45) is 17.9. The lowest BCUT2D eigenvalue weighted by atomic mass is 9.32. The van der Waals surface area contributed by atoms with Crippen LogP contribution in [0.25, 0.3) is 5.57 Å². The highest BCUT2D eigenvalue weighted by Gasteiger charge is 2.70. The zero-order valence-corrected chi connectivity index (χ0v) is 30.1. The molecule has 9 atom stereocenters. The average Bonchev–Trinajstić information content (AvgIpc) is 3.69. The van der Waals surface area contributed by atoms with Crippen LogP contribution < -0.4 is 0 Å². The third-order valence-electron chi connectivity index (χ3n) is 15.7. The molecule has 6 aliphatic rings. The maximum absolute atomic E-state index is 14.4. The van der Waals surface area contributed by atoms with Crippen molar-refractivity contribution in [3.8, 4) is 0 Å². The van der Waals surface area contributed by atoms with E-state index in [0.29, 0.717) is 35.1 Å². The SMILES string of the molecule is C=CC.CC1(C)C(c2ccc(C(=O)O)cc2)=CCC2(C)C1CCC1(C)C2CCC2C3CCCC3(C(=O)N3CCCC3CO)CC[C@]21C. The van der Waals surface area contributed by atoms with Gasteiger partial charge in [0.2, 0.25) is 5.91 Å². The Morgan fingerprint density at radius 1 is 0.872 bits per heavy atom. The molecule has 0 aromatic heterocycles. The molecule has 0 bridgehead atoms. The van der Waals surface area contributed by atoms with Gasteiger partial charge in [0, 0.05) is 6.54 Å². The van der Waals surface area contributed by atoms with Gasteiger partial charge in [-0.05, 0) is 146 Å². The summed E-state index contributed by atoms with van der Waals surface area (Å²) in [4.78, 5) is 28.0. The third kappa shape index (κ3) is 4.94. The fourth-order valence-electron chi connectivity index (χ4n) is 13.4. The fraction of sp³-hybridized carbons (Fsp3) is 0.714. The maximum atomic E-state index is 14.4. The number of benzene rings is 1. The lowest BCUT2D eigenvalue weighted by molar-refractivity contribution is -0.224. The monoisotopic (exact) mass is 643 g/mol. The highest BCUT2D eigenvalue weighted by Crippen LogP contribution is 2.77. The van der Waals surface area contributed by atoms with Crippen molar-refractivity contribution in [2.24, 2.45) is 50.7 Å². The molecule has 8 unspecified atom stereocenters. The van der Waals surface area contributed by atoms with E-state index in [1.54, 1.807) is 18.2 Å². The second-order valence-electron chi connectivity index (χ2n) is 17.6. The number of carbonyl (C=O) groups excluding carboxylic acids is 1. The summed E-state index contributed by atoms with van der Waals surface area (Å²) in [6.45, 7) is 19.0. The van der Waals surface area contributed by atoms with Crippen molar-refractivity contribution in [1.29, 1.82) is 0 Å². The molecule has 4 saturated carbocycles. The Morgan fingerprint density at radius 3 is 2.23 bits per heavy atom. The molecule has 7 rings (SSSR count). The van der Waals surface area contributed by atoms with Crippen LogP contribution in [0.15, 0.2) is 43.0 Å². The second kappa shape index (κ2) is 12.2. The van der Waals surface area contributed by atoms with E-state index < -0.39 is 5.97 Å². The number of amides is 1. The van der Waals surface area contributed by atoms with Crippen molar-refractivity contribution < 1.29 is 19.8 Å². The second-order valence-corrected chi connectivity index (χ2v) is 17.6. The average molecular weight is 644 g/mol. The number of nitrogens with zero attached hydrogens (tertiary/aromatic N) is 1. The molecule has 0 spiro atoms. The number of allylic oxidation sites excluding steroid dienone is 3. The third-order valence-corrected chi connectivity index (χ3v) is 15.7. The van der Waals surface area contributed by atoms with Crippen LogP contribution in [0.3, 0.4) is 0 Å². The number of aliphatic hydroxyl groups excluding tert-OH is 1. The van der Waals surface area contributed by atoms with E-state index in [4.69, 9.17) is 0 Å². The Morgan fingerprint density at radius 2 is 1.57 bits per heavy atom. The molecule has 2 N–H and O–H groups in total. The van der Waals surface area contributed by atoms with Gasteiger partial charge in [-0.2, -0.15) is 0 Å². The van der Waals surface area contributed by atoms with Crippen molar-refractivity contribution >= 4 is 17.4 Å². The number of carboxylic acids is 1. The van der Waals surface area contributed by atoms with Gasteiger partial charge in [-0.15, -0.1) is 6.58 Å². The van der Waals surface area contributed by atoms with E-state index in [1.165, 1.54) is 49.7 Å². The van der Waals surface area contributed by atoms with Crippen LogP contribution >= 0.6 is 0 Å². The predicted molar refractivity (Wildman–Crippen MR) is 190 cm³/mol. The number of aromatic carboxylic acids is 1. The molecule has 1 aromatic carbocycles. The first-order chi connectivity index (χ1) is 22.2. The van der Waals surface area contributed by atoms with Gasteiger partial charge in [-0.1, -0.05) is 65.3 Å². The summed E-state index contributed by atoms with van der Waals surface area (Å²) < 4.78 is 0. The van der Waals surface area contributed by atoms with Crippen molar-refractivity contribution in [3.63, 3.8) is 0 Å². The van der Waals surface area contributed by atoms with Crippen LogP contribution in [0.1, 0.15) is 135 Å². The minimum absolute atomic E-state index is 0.00931. The van der Waals surface area contributed by atoms with Crippen molar-refractivity contribution in [2.75, 3.05) is 13.2 Å². The Balaban J connectivity index is 0.00000124. The Kier molecular flexibility index (Phi) is 8.93. The molecule has 1 heterocycles. The summed E-state index contributed by atoms with van der Waals surface area (Å²) in [7, 11) is 0. The van der Waals surface area contributed by atoms with Crippen LogP contribution in [-0.2, 0) is 4.79 Å². The van der Waals surface area contributed by atoms with Gasteiger partial charge in [0.1, 0.15) is 0 Å². The van der Waals surface area contributed by atoms with Crippen molar-refractivity contribution in [2.45, 2.75) is 125 Å². The zero-order valence-electron chi connectivity index (χ0n) is 30.1.